The van der Waals surface area contributed by atoms with Crippen LogP contribution in [0.1, 0.15) is 6.92 Å². The highest BCUT2D eigenvalue weighted by atomic mass is 14.7. The molecule has 0 aliphatic rings. The van der Waals surface area contributed by atoms with Gasteiger partial charge in [-0.15, -0.1) is 0 Å². The first-order valence-corrected chi connectivity index (χ1v) is 6.33. The van der Waals surface area contributed by atoms with Gasteiger partial charge in [0.1, 0.15) is 0 Å². The van der Waals surface area contributed by atoms with Crippen LogP contribution in [-0.2, 0) is 0 Å². The van der Waals surface area contributed by atoms with E-state index in [0.29, 0.717) is 0 Å². The molecule has 0 atom stereocenters. The predicted octanol–water partition coefficient (Wildman–Crippen LogP) is 5.19. The second kappa shape index (κ2) is 6.50. The number of nitrogens with zero attached hydrogens (tertiary/aromatic N) is 1. The molecule has 0 radical (unpaired) electrons. The Morgan fingerprint density at radius 1 is 1.00 bits per heavy atom. The fourth-order valence-electron chi connectivity index (χ4n) is 1.89. The zero-order chi connectivity index (χ0) is 13.5. The van der Waals surface area contributed by atoms with Crippen molar-refractivity contribution in [2.75, 3.05) is 0 Å². The predicted molar refractivity (Wildman–Crippen MR) is 84.0 cm³/mol. The molecule has 2 aromatic rings. The summed E-state index contributed by atoms with van der Waals surface area (Å²) in [6, 6.07) is 18.4. The Hall–Kier alpha value is -2.41. The summed E-state index contributed by atoms with van der Waals surface area (Å²) in [6.45, 7) is 5.77. The monoisotopic (exact) mass is 247 g/mol. The van der Waals surface area contributed by atoms with E-state index in [4.69, 9.17) is 0 Å². The number of para-hydroxylation sites is 1. The third kappa shape index (κ3) is 3.29. The molecule has 1 nitrogen and oxygen atoms in total. The number of benzene rings is 2. The second-order valence-electron chi connectivity index (χ2n) is 4.12. The smallest absolute Gasteiger partial charge is 0.0715 e. The van der Waals surface area contributed by atoms with E-state index < -0.39 is 0 Å². The van der Waals surface area contributed by atoms with Crippen LogP contribution in [0.3, 0.4) is 0 Å². The summed E-state index contributed by atoms with van der Waals surface area (Å²) < 4.78 is 0. The van der Waals surface area contributed by atoms with Crippen molar-refractivity contribution in [3.63, 3.8) is 0 Å². The highest BCUT2D eigenvalue weighted by Crippen LogP contribution is 2.30. The molecule has 0 unspecified atom stereocenters. The van der Waals surface area contributed by atoms with Crippen LogP contribution >= 0.6 is 0 Å². The van der Waals surface area contributed by atoms with Gasteiger partial charge in [-0.2, -0.15) is 0 Å². The molecule has 0 aliphatic heterocycles. The van der Waals surface area contributed by atoms with Crippen molar-refractivity contribution in [2.24, 2.45) is 4.99 Å². The number of rotatable bonds is 4. The van der Waals surface area contributed by atoms with Crippen molar-refractivity contribution in [1.29, 1.82) is 0 Å². The highest BCUT2D eigenvalue weighted by molar-refractivity contribution is 6.05. The fraction of sp³-hybridized carbons (Fsp3) is 0.0556. The first-order valence-electron chi connectivity index (χ1n) is 6.33. The molecule has 0 N–H and O–H groups in total. The minimum atomic E-state index is 0.867. The first kappa shape index (κ1) is 13.0. The van der Waals surface area contributed by atoms with Crippen LogP contribution in [0.4, 0.5) is 5.69 Å². The van der Waals surface area contributed by atoms with Gasteiger partial charge >= 0.3 is 0 Å². The average Bonchev–Trinajstić information content (AvgIpc) is 2.48. The Balaban J connectivity index is 2.51. The molecule has 0 spiro atoms. The standard InChI is InChI=1S/C18H17N/c1-3-10-16(4-2)19-18-14-9-8-13-17(18)15-11-6-5-7-12-15/h3-14H,2H2,1H3/b10-3-,19-16?. The summed E-state index contributed by atoms with van der Waals surface area (Å²) in [5, 5.41) is 0. The van der Waals surface area contributed by atoms with E-state index in [1.54, 1.807) is 6.08 Å². The quantitative estimate of drug-likeness (QED) is 0.659. The van der Waals surface area contributed by atoms with Crippen LogP contribution in [0.15, 0.2) is 84.4 Å². The van der Waals surface area contributed by atoms with E-state index in [9.17, 15) is 0 Å². The third-order valence-corrected chi connectivity index (χ3v) is 2.78. The molecular weight excluding hydrogens is 230 g/mol. The Morgan fingerprint density at radius 3 is 2.37 bits per heavy atom. The molecule has 2 rings (SSSR count). The molecule has 0 amide bonds. The molecule has 0 saturated carbocycles. The molecule has 1 heteroatoms. The summed E-state index contributed by atoms with van der Waals surface area (Å²) in [5.74, 6) is 0. The Bertz CT molecular complexity index is 607. The number of hydrogen-bond acceptors (Lipinski definition) is 1. The first-order chi connectivity index (χ1) is 9.35. The maximum atomic E-state index is 4.65. The zero-order valence-corrected chi connectivity index (χ0v) is 11.1. The second-order valence-corrected chi connectivity index (χ2v) is 4.12. The van der Waals surface area contributed by atoms with Gasteiger partial charge in [0, 0.05) is 5.56 Å². The summed E-state index contributed by atoms with van der Waals surface area (Å²) in [4.78, 5) is 4.65. The van der Waals surface area contributed by atoms with Gasteiger partial charge in [0.2, 0.25) is 0 Å². The number of aliphatic imine (C=N–C) groups is 1. The van der Waals surface area contributed by atoms with Gasteiger partial charge in [-0.3, -0.25) is 0 Å². The SMILES string of the molecule is C=CC(/C=C\C)=Nc1ccccc1-c1ccccc1. The van der Waals surface area contributed by atoms with Crippen molar-refractivity contribution in [3.05, 3.63) is 79.4 Å². The molecule has 0 fully saturated rings. The highest BCUT2D eigenvalue weighted by Gasteiger charge is 2.02. The largest absolute Gasteiger partial charge is 0.248 e. The molecule has 94 valence electrons. The zero-order valence-electron chi connectivity index (χ0n) is 11.1. The maximum Gasteiger partial charge on any atom is 0.0715 e. The molecule has 0 aliphatic carbocycles. The molecule has 0 bridgehead atoms. The van der Waals surface area contributed by atoms with Gasteiger partial charge in [-0.1, -0.05) is 61.2 Å². The van der Waals surface area contributed by atoms with Crippen molar-refractivity contribution >= 4 is 11.4 Å². The van der Waals surface area contributed by atoms with Crippen molar-refractivity contribution in [1.82, 2.24) is 0 Å². The van der Waals surface area contributed by atoms with Crippen LogP contribution in [0.25, 0.3) is 11.1 Å². The van der Waals surface area contributed by atoms with Gasteiger partial charge in [-0.25, -0.2) is 4.99 Å². The van der Waals surface area contributed by atoms with E-state index in [0.717, 1.165) is 17.0 Å². The lowest BCUT2D eigenvalue weighted by Crippen LogP contribution is -1.86. The topological polar surface area (TPSA) is 12.4 Å². The van der Waals surface area contributed by atoms with Crippen molar-refractivity contribution < 1.29 is 0 Å². The molecule has 0 saturated heterocycles. The lowest BCUT2D eigenvalue weighted by atomic mass is 10.0. The molecule has 0 aromatic heterocycles. The Kier molecular flexibility index (Phi) is 4.46. The van der Waals surface area contributed by atoms with Gasteiger partial charge in [-0.05, 0) is 30.7 Å². The van der Waals surface area contributed by atoms with Crippen LogP contribution in [0.5, 0.6) is 0 Å². The number of allylic oxidation sites excluding steroid dienone is 3. The number of hydrogen-bond donors (Lipinski definition) is 0. The lowest BCUT2D eigenvalue weighted by Gasteiger charge is -2.06. The van der Waals surface area contributed by atoms with E-state index >= 15 is 0 Å². The van der Waals surface area contributed by atoms with Crippen LogP contribution in [0.2, 0.25) is 0 Å². The van der Waals surface area contributed by atoms with Crippen LogP contribution in [0, 0.1) is 0 Å². The summed E-state index contributed by atoms with van der Waals surface area (Å²) >= 11 is 0. The average molecular weight is 247 g/mol. The minimum Gasteiger partial charge on any atom is -0.248 e. The molecule has 2 aromatic carbocycles. The van der Waals surface area contributed by atoms with Crippen LogP contribution in [-0.4, -0.2) is 5.71 Å². The van der Waals surface area contributed by atoms with Gasteiger partial charge in [0.15, 0.2) is 0 Å². The van der Waals surface area contributed by atoms with E-state index in [2.05, 4.69) is 29.8 Å². The van der Waals surface area contributed by atoms with Crippen molar-refractivity contribution in [3.8, 4) is 11.1 Å². The van der Waals surface area contributed by atoms with E-state index in [1.807, 2.05) is 55.5 Å². The maximum absolute atomic E-state index is 4.65. The fourth-order valence-corrected chi connectivity index (χ4v) is 1.89. The summed E-state index contributed by atoms with van der Waals surface area (Å²) in [6.07, 6.45) is 5.68. The Morgan fingerprint density at radius 2 is 1.68 bits per heavy atom. The van der Waals surface area contributed by atoms with Gasteiger partial charge in [0.25, 0.3) is 0 Å². The summed E-state index contributed by atoms with van der Waals surface area (Å²) in [5.41, 5.74) is 4.13. The van der Waals surface area contributed by atoms with E-state index in [-0.39, 0.29) is 0 Å². The van der Waals surface area contributed by atoms with Gasteiger partial charge < -0.3 is 0 Å². The minimum absolute atomic E-state index is 0.867. The molecule has 0 heterocycles. The van der Waals surface area contributed by atoms with E-state index in [1.165, 1.54) is 5.56 Å². The van der Waals surface area contributed by atoms with Crippen LogP contribution < -0.4 is 0 Å². The third-order valence-electron chi connectivity index (χ3n) is 2.78. The molecule has 19 heavy (non-hydrogen) atoms. The normalized spacial score (nSPS) is 11.7. The lowest BCUT2D eigenvalue weighted by molar-refractivity contribution is 1.50. The van der Waals surface area contributed by atoms with Crippen molar-refractivity contribution in [2.45, 2.75) is 6.92 Å². The molecular formula is C18H17N. The van der Waals surface area contributed by atoms with Gasteiger partial charge in [0.05, 0.1) is 11.4 Å². The summed E-state index contributed by atoms with van der Waals surface area (Å²) in [7, 11) is 0. The Labute approximate surface area is 114 Å².